The van der Waals surface area contributed by atoms with Gasteiger partial charge in [0.2, 0.25) is 5.91 Å². The Balaban J connectivity index is 0.00000161. The molecule has 1 heterocycles. The summed E-state index contributed by atoms with van der Waals surface area (Å²) in [6, 6.07) is 5.37. The standard InChI is InChI=1S/C12H11ClN4OS2.ClH/c13-8-5-7(16-10(18)12(14)3-4-12)1-2-9(8)20-11-17-15-6-19-11;/h1-2,5-6H,3-4,14H2,(H,16,18);1H. The minimum absolute atomic E-state index is 0. The molecule has 0 saturated heterocycles. The summed E-state index contributed by atoms with van der Waals surface area (Å²) in [5, 5.41) is 11.1. The van der Waals surface area contributed by atoms with Crippen LogP contribution < -0.4 is 11.1 Å². The van der Waals surface area contributed by atoms with Gasteiger partial charge in [-0.15, -0.1) is 22.6 Å². The lowest BCUT2D eigenvalue weighted by atomic mass is 10.2. The van der Waals surface area contributed by atoms with E-state index in [4.69, 9.17) is 17.3 Å². The number of amides is 1. The summed E-state index contributed by atoms with van der Waals surface area (Å²) in [5.74, 6) is -0.155. The first-order chi connectivity index (χ1) is 9.57. The van der Waals surface area contributed by atoms with E-state index in [9.17, 15) is 4.79 Å². The monoisotopic (exact) mass is 362 g/mol. The van der Waals surface area contributed by atoms with E-state index < -0.39 is 5.54 Å². The summed E-state index contributed by atoms with van der Waals surface area (Å²) in [4.78, 5) is 12.7. The molecule has 1 fully saturated rings. The second kappa shape index (κ2) is 6.50. The fourth-order valence-corrected chi connectivity index (χ4v) is 3.31. The molecule has 112 valence electrons. The summed E-state index contributed by atoms with van der Waals surface area (Å²) in [6.07, 6.45) is 1.47. The van der Waals surface area contributed by atoms with E-state index in [0.717, 1.165) is 22.1 Å². The molecule has 1 aliphatic rings. The van der Waals surface area contributed by atoms with Crippen LogP contribution >= 0.6 is 47.1 Å². The molecular formula is C12H12Cl2N4OS2. The molecule has 0 radical (unpaired) electrons. The molecule has 1 aliphatic carbocycles. The van der Waals surface area contributed by atoms with Crippen molar-refractivity contribution in [3.63, 3.8) is 0 Å². The average molecular weight is 363 g/mol. The van der Waals surface area contributed by atoms with E-state index in [-0.39, 0.29) is 18.3 Å². The van der Waals surface area contributed by atoms with Gasteiger partial charge in [-0.1, -0.05) is 34.7 Å². The number of nitrogens with two attached hydrogens (primary N) is 1. The Morgan fingerprint density at radius 1 is 1.48 bits per heavy atom. The third-order valence-electron chi connectivity index (χ3n) is 2.97. The van der Waals surface area contributed by atoms with Crippen LogP contribution in [0.2, 0.25) is 5.02 Å². The van der Waals surface area contributed by atoms with E-state index >= 15 is 0 Å². The van der Waals surface area contributed by atoms with Crippen molar-refractivity contribution in [2.75, 3.05) is 5.32 Å². The number of nitrogens with one attached hydrogen (secondary N) is 1. The van der Waals surface area contributed by atoms with Gasteiger partial charge >= 0.3 is 0 Å². The maximum absolute atomic E-state index is 11.8. The summed E-state index contributed by atoms with van der Waals surface area (Å²) in [7, 11) is 0. The first-order valence-corrected chi connectivity index (χ1v) is 7.98. The molecule has 0 spiro atoms. The van der Waals surface area contributed by atoms with E-state index in [0.29, 0.717) is 10.7 Å². The topological polar surface area (TPSA) is 80.9 Å². The lowest BCUT2D eigenvalue weighted by Gasteiger charge is -2.11. The molecule has 3 rings (SSSR count). The van der Waals surface area contributed by atoms with Gasteiger partial charge in [0.1, 0.15) is 5.51 Å². The highest BCUT2D eigenvalue weighted by Crippen LogP contribution is 2.36. The summed E-state index contributed by atoms with van der Waals surface area (Å²) in [6.45, 7) is 0. The van der Waals surface area contributed by atoms with Crippen LogP contribution in [0.25, 0.3) is 0 Å². The number of nitrogens with zero attached hydrogens (tertiary/aromatic N) is 2. The van der Waals surface area contributed by atoms with Crippen LogP contribution in [-0.2, 0) is 4.79 Å². The number of anilines is 1. The number of carbonyl (C=O) groups is 1. The maximum atomic E-state index is 11.8. The van der Waals surface area contributed by atoms with Gasteiger partial charge in [0.25, 0.3) is 0 Å². The number of carbonyl (C=O) groups excluding carboxylic acids is 1. The third-order valence-corrected chi connectivity index (χ3v) is 5.25. The van der Waals surface area contributed by atoms with E-state index in [1.165, 1.54) is 23.1 Å². The quantitative estimate of drug-likeness (QED) is 0.872. The van der Waals surface area contributed by atoms with Gasteiger partial charge in [0, 0.05) is 10.6 Å². The van der Waals surface area contributed by atoms with Gasteiger partial charge in [0.15, 0.2) is 4.34 Å². The minimum Gasteiger partial charge on any atom is -0.324 e. The SMILES string of the molecule is Cl.NC1(C(=O)Nc2ccc(Sc3nncs3)c(Cl)c2)CC1. The normalized spacial score (nSPS) is 15.1. The van der Waals surface area contributed by atoms with Crippen molar-refractivity contribution in [2.24, 2.45) is 5.73 Å². The Morgan fingerprint density at radius 3 is 2.81 bits per heavy atom. The Bertz CT molecular complexity index is 647. The first-order valence-electron chi connectivity index (χ1n) is 5.91. The second-order valence-electron chi connectivity index (χ2n) is 4.56. The van der Waals surface area contributed by atoms with Gasteiger partial charge in [-0.25, -0.2) is 0 Å². The van der Waals surface area contributed by atoms with Gasteiger partial charge < -0.3 is 11.1 Å². The zero-order chi connectivity index (χ0) is 14.2. The number of rotatable bonds is 4. The van der Waals surface area contributed by atoms with Gasteiger partial charge in [-0.3, -0.25) is 4.79 Å². The molecule has 2 aromatic rings. The number of hydrogen-bond acceptors (Lipinski definition) is 6. The minimum atomic E-state index is -0.688. The van der Waals surface area contributed by atoms with Crippen LogP contribution in [0.4, 0.5) is 5.69 Å². The van der Waals surface area contributed by atoms with Crippen molar-refractivity contribution in [1.82, 2.24) is 10.2 Å². The predicted molar refractivity (Wildman–Crippen MR) is 87.5 cm³/mol. The van der Waals surface area contributed by atoms with Crippen LogP contribution in [0.1, 0.15) is 12.8 Å². The molecule has 3 N–H and O–H groups in total. The van der Waals surface area contributed by atoms with E-state index in [2.05, 4.69) is 15.5 Å². The summed E-state index contributed by atoms with van der Waals surface area (Å²) in [5.41, 5.74) is 7.46. The Kier molecular flexibility index (Phi) is 5.11. The van der Waals surface area contributed by atoms with Crippen LogP contribution in [-0.4, -0.2) is 21.6 Å². The third kappa shape index (κ3) is 3.87. The Hall–Kier alpha value is -0.860. The highest BCUT2D eigenvalue weighted by Gasteiger charge is 2.45. The van der Waals surface area contributed by atoms with Crippen molar-refractivity contribution < 1.29 is 4.79 Å². The molecule has 21 heavy (non-hydrogen) atoms. The largest absolute Gasteiger partial charge is 0.324 e. The average Bonchev–Trinajstić information content (AvgIpc) is 2.97. The summed E-state index contributed by atoms with van der Waals surface area (Å²) < 4.78 is 0.822. The number of aromatic nitrogens is 2. The van der Waals surface area contributed by atoms with Crippen molar-refractivity contribution in [3.8, 4) is 0 Å². The molecule has 9 heteroatoms. The number of halogens is 2. The highest BCUT2D eigenvalue weighted by molar-refractivity contribution is 8.01. The molecule has 0 aliphatic heterocycles. The molecule has 0 bridgehead atoms. The van der Waals surface area contributed by atoms with E-state index in [1.54, 1.807) is 17.6 Å². The zero-order valence-corrected chi connectivity index (χ0v) is 13.9. The van der Waals surface area contributed by atoms with Crippen LogP contribution in [0, 0.1) is 0 Å². The second-order valence-corrected chi connectivity index (χ2v) is 7.09. The summed E-state index contributed by atoms with van der Waals surface area (Å²) >= 11 is 9.10. The van der Waals surface area contributed by atoms with Gasteiger partial charge in [-0.2, -0.15) is 0 Å². The molecule has 5 nitrogen and oxygen atoms in total. The van der Waals surface area contributed by atoms with Crippen molar-refractivity contribution >= 4 is 58.7 Å². The molecule has 1 amide bonds. The Morgan fingerprint density at radius 2 is 2.24 bits per heavy atom. The first kappa shape index (κ1) is 16.5. The van der Waals surface area contributed by atoms with Crippen LogP contribution in [0.3, 0.4) is 0 Å². The molecule has 1 aromatic carbocycles. The van der Waals surface area contributed by atoms with Crippen LogP contribution in [0.15, 0.2) is 32.9 Å². The van der Waals surface area contributed by atoms with Gasteiger partial charge in [-0.05, 0) is 31.0 Å². The Labute approximate surface area is 141 Å². The fraction of sp³-hybridized carbons (Fsp3) is 0.250. The highest BCUT2D eigenvalue weighted by atomic mass is 35.5. The van der Waals surface area contributed by atoms with Crippen LogP contribution in [0.5, 0.6) is 0 Å². The number of benzene rings is 1. The molecule has 0 atom stereocenters. The molecule has 1 aromatic heterocycles. The lowest BCUT2D eigenvalue weighted by Crippen LogP contribution is -2.37. The molecule has 1 saturated carbocycles. The van der Waals surface area contributed by atoms with Crippen molar-refractivity contribution in [2.45, 2.75) is 27.6 Å². The lowest BCUT2D eigenvalue weighted by molar-refractivity contribution is -0.118. The smallest absolute Gasteiger partial charge is 0.244 e. The van der Waals surface area contributed by atoms with Gasteiger partial charge in [0.05, 0.1) is 10.6 Å². The van der Waals surface area contributed by atoms with E-state index in [1.807, 2.05) is 6.07 Å². The fourth-order valence-electron chi connectivity index (χ4n) is 1.58. The van der Waals surface area contributed by atoms with Crippen molar-refractivity contribution in [1.29, 1.82) is 0 Å². The number of hydrogen-bond donors (Lipinski definition) is 2. The molecule has 0 unspecified atom stereocenters. The maximum Gasteiger partial charge on any atom is 0.244 e. The predicted octanol–water partition coefficient (Wildman–Crippen LogP) is 3.19. The van der Waals surface area contributed by atoms with Crippen molar-refractivity contribution in [3.05, 3.63) is 28.7 Å². The molecular weight excluding hydrogens is 351 g/mol. The zero-order valence-electron chi connectivity index (χ0n) is 10.7.